The normalized spacial score (nSPS) is 14.1. The van der Waals surface area contributed by atoms with Gasteiger partial charge in [0.2, 0.25) is 0 Å². The molecule has 0 saturated heterocycles. The van der Waals surface area contributed by atoms with E-state index in [1.807, 2.05) is 0 Å². The molecule has 1 fully saturated rings. The van der Waals surface area contributed by atoms with E-state index in [0.717, 1.165) is 12.8 Å². The van der Waals surface area contributed by atoms with Crippen LogP contribution in [0.4, 0.5) is 4.79 Å². The minimum absolute atomic E-state index is 0.256. The van der Waals surface area contributed by atoms with Crippen molar-refractivity contribution in [1.29, 1.82) is 0 Å². The first-order valence-electron chi connectivity index (χ1n) is 6.82. The van der Waals surface area contributed by atoms with Crippen molar-refractivity contribution in [3.8, 4) is 0 Å². The van der Waals surface area contributed by atoms with Gasteiger partial charge in [0, 0.05) is 33.9 Å². The monoisotopic (exact) mass is 288 g/mol. The van der Waals surface area contributed by atoms with Gasteiger partial charge >= 0.3 is 12.0 Å². The number of rotatable bonds is 10. The maximum absolute atomic E-state index is 12.4. The van der Waals surface area contributed by atoms with Gasteiger partial charge in [0.05, 0.1) is 13.2 Å². The van der Waals surface area contributed by atoms with Crippen LogP contribution < -0.4 is 0 Å². The number of aliphatic carboxylic acids is 1. The molecule has 0 bridgehead atoms. The zero-order chi connectivity index (χ0) is 15.0. The molecular weight excluding hydrogens is 264 g/mol. The zero-order valence-corrected chi connectivity index (χ0v) is 12.2. The topological polar surface area (TPSA) is 79.3 Å². The molecule has 0 radical (unpaired) electrons. The molecule has 1 N–H and O–H groups in total. The smallest absolute Gasteiger partial charge is 0.323 e. The lowest BCUT2D eigenvalue weighted by Crippen LogP contribution is -2.48. The highest BCUT2D eigenvalue weighted by atomic mass is 16.5. The summed E-state index contributed by atoms with van der Waals surface area (Å²) >= 11 is 0. The van der Waals surface area contributed by atoms with Gasteiger partial charge in [0.25, 0.3) is 0 Å². The fourth-order valence-corrected chi connectivity index (χ4v) is 1.89. The Morgan fingerprint density at radius 1 is 1.10 bits per heavy atom. The molecule has 7 nitrogen and oxygen atoms in total. The summed E-state index contributed by atoms with van der Waals surface area (Å²) < 4.78 is 9.97. The summed E-state index contributed by atoms with van der Waals surface area (Å²) in [6, 6.07) is -0.256. The average Bonchev–Trinajstić information content (AvgIpc) is 3.21. The predicted molar refractivity (Wildman–Crippen MR) is 72.7 cm³/mol. The Morgan fingerprint density at radius 3 is 2.05 bits per heavy atom. The lowest BCUT2D eigenvalue weighted by molar-refractivity contribution is -0.137. The lowest BCUT2D eigenvalue weighted by Gasteiger charge is -2.29. The second kappa shape index (κ2) is 8.76. The zero-order valence-electron chi connectivity index (χ0n) is 12.2. The van der Waals surface area contributed by atoms with Crippen molar-refractivity contribution in [2.45, 2.75) is 12.8 Å². The maximum Gasteiger partial charge on any atom is 0.323 e. The van der Waals surface area contributed by atoms with Gasteiger partial charge in [-0.05, 0) is 18.8 Å². The van der Waals surface area contributed by atoms with Crippen LogP contribution in [0.2, 0.25) is 0 Å². The molecule has 20 heavy (non-hydrogen) atoms. The summed E-state index contributed by atoms with van der Waals surface area (Å²) in [5.74, 6) is -0.539. The van der Waals surface area contributed by atoms with Crippen LogP contribution >= 0.6 is 0 Å². The molecule has 0 aromatic rings. The van der Waals surface area contributed by atoms with E-state index in [-0.39, 0.29) is 12.6 Å². The molecule has 1 saturated carbocycles. The molecule has 1 aliphatic rings. The van der Waals surface area contributed by atoms with Gasteiger partial charge in [0.1, 0.15) is 6.54 Å². The van der Waals surface area contributed by atoms with Gasteiger partial charge in [0.15, 0.2) is 0 Å². The van der Waals surface area contributed by atoms with Crippen molar-refractivity contribution < 1.29 is 24.2 Å². The number of nitrogens with zero attached hydrogens (tertiary/aromatic N) is 2. The number of carbonyl (C=O) groups is 2. The maximum atomic E-state index is 12.4. The van der Waals surface area contributed by atoms with E-state index >= 15 is 0 Å². The average molecular weight is 288 g/mol. The van der Waals surface area contributed by atoms with Crippen molar-refractivity contribution in [3.05, 3.63) is 0 Å². The van der Waals surface area contributed by atoms with Crippen molar-refractivity contribution in [1.82, 2.24) is 9.80 Å². The molecule has 0 spiro atoms. The number of carboxylic acids is 1. The molecule has 0 unspecified atom stereocenters. The number of hydrogen-bond donors (Lipinski definition) is 1. The number of amides is 2. The van der Waals surface area contributed by atoms with Crippen LogP contribution in [0.3, 0.4) is 0 Å². The fourth-order valence-electron chi connectivity index (χ4n) is 1.89. The number of hydrogen-bond acceptors (Lipinski definition) is 4. The second-order valence-corrected chi connectivity index (χ2v) is 4.97. The Labute approximate surface area is 119 Å². The number of urea groups is 1. The van der Waals surface area contributed by atoms with Crippen LogP contribution in [0.5, 0.6) is 0 Å². The number of methoxy groups -OCH3 is 2. The van der Waals surface area contributed by atoms with Gasteiger partial charge in [-0.2, -0.15) is 0 Å². The first kappa shape index (κ1) is 16.7. The summed E-state index contributed by atoms with van der Waals surface area (Å²) in [4.78, 5) is 26.3. The molecule has 0 aromatic heterocycles. The van der Waals surface area contributed by atoms with Gasteiger partial charge in [-0.15, -0.1) is 0 Å². The first-order valence-corrected chi connectivity index (χ1v) is 6.82. The Bertz CT molecular complexity index is 312. The van der Waals surface area contributed by atoms with Crippen molar-refractivity contribution >= 4 is 12.0 Å². The standard InChI is InChI=1S/C13H24N2O5/c1-19-7-5-14(6-8-20-2)13(18)15(10-12(16)17)9-11-3-4-11/h11H,3-10H2,1-2H3,(H,16,17). The van der Waals surface area contributed by atoms with E-state index in [1.54, 1.807) is 19.1 Å². The van der Waals surface area contributed by atoms with Gasteiger partial charge < -0.3 is 24.4 Å². The summed E-state index contributed by atoms with van der Waals surface area (Å²) in [5, 5.41) is 8.94. The molecule has 0 aliphatic heterocycles. The minimum Gasteiger partial charge on any atom is -0.480 e. The van der Waals surface area contributed by atoms with Crippen molar-refractivity contribution in [2.75, 3.05) is 53.6 Å². The van der Waals surface area contributed by atoms with Gasteiger partial charge in [-0.25, -0.2) is 4.79 Å². The molecule has 0 aromatic carbocycles. The molecule has 1 aliphatic carbocycles. The van der Waals surface area contributed by atoms with Gasteiger partial charge in [-0.1, -0.05) is 0 Å². The van der Waals surface area contributed by atoms with E-state index < -0.39 is 5.97 Å². The third-order valence-electron chi connectivity index (χ3n) is 3.17. The van der Waals surface area contributed by atoms with Gasteiger partial charge in [-0.3, -0.25) is 4.79 Å². The SMILES string of the molecule is COCCN(CCOC)C(=O)N(CC(=O)O)CC1CC1. The Morgan fingerprint density at radius 2 is 1.65 bits per heavy atom. The summed E-state index contributed by atoms with van der Waals surface area (Å²) in [6.45, 7) is 1.95. The second-order valence-electron chi connectivity index (χ2n) is 4.97. The van der Waals surface area contributed by atoms with Crippen LogP contribution in [0.25, 0.3) is 0 Å². The molecule has 116 valence electrons. The predicted octanol–water partition coefficient (Wildman–Crippen LogP) is 0.498. The highest BCUT2D eigenvalue weighted by molar-refractivity contribution is 5.80. The molecule has 1 rings (SSSR count). The van der Waals surface area contributed by atoms with Crippen LogP contribution in [-0.2, 0) is 14.3 Å². The molecule has 0 atom stereocenters. The molecular formula is C13H24N2O5. The fraction of sp³-hybridized carbons (Fsp3) is 0.846. The van der Waals surface area contributed by atoms with Crippen molar-refractivity contribution in [3.63, 3.8) is 0 Å². The molecule has 2 amide bonds. The van der Waals surface area contributed by atoms with Crippen molar-refractivity contribution in [2.24, 2.45) is 5.92 Å². The van der Waals surface area contributed by atoms with Crippen LogP contribution in [0.15, 0.2) is 0 Å². The largest absolute Gasteiger partial charge is 0.480 e. The quantitative estimate of drug-likeness (QED) is 0.633. The lowest BCUT2D eigenvalue weighted by atomic mass is 10.3. The number of carbonyl (C=O) groups excluding carboxylic acids is 1. The van der Waals surface area contributed by atoms with E-state index in [2.05, 4.69) is 0 Å². The Kier molecular flexibility index (Phi) is 7.32. The minimum atomic E-state index is -0.988. The van der Waals surface area contributed by atoms with E-state index in [1.165, 1.54) is 4.90 Å². The van der Waals surface area contributed by atoms with E-state index in [0.29, 0.717) is 38.8 Å². The third-order valence-corrected chi connectivity index (χ3v) is 3.17. The summed E-state index contributed by atoms with van der Waals surface area (Å²) in [7, 11) is 3.14. The summed E-state index contributed by atoms with van der Waals surface area (Å²) in [6.07, 6.45) is 2.14. The van der Waals surface area contributed by atoms with E-state index in [4.69, 9.17) is 14.6 Å². The molecule has 0 heterocycles. The van der Waals surface area contributed by atoms with Crippen LogP contribution in [0.1, 0.15) is 12.8 Å². The van der Waals surface area contributed by atoms with Crippen LogP contribution in [-0.4, -0.2) is 80.5 Å². The number of carboxylic acid groups (broad SMARTS) is 1. The molecule has 7 heteroatoms. The van der Waals surface area contributed by atoms with Crippen LogP contribution in [0, 0.1) is 5.92 Å². The highest BCUT2D eigenvalue weighted by Gasteiger charge is 2.30. The Balaban J connectivity index is 2.61. The number of ether oxygens (including phenoxy) is 2. The summed E-state index contributed by atoms with van der Waals surface area (Å²) in [5.41, 5.74) is 0. The first-order chi connectivity index (χ1) is 9.58. The Hall–Kier alpha value is -1.34. The van der Waals surface area contributed by atoms with E-state index in [9.17, 15) is 9.59 Å². The third kappa shape index (κ3) is 6.21. The highest BCUT2D eigenvalue weighted by Crippen LogP contribution is 2.29.